The lowest BCUT2D eigenvalue weighted by molar-refractivity contribution is -0.141. The molecule has 3 heterocycles. The highest BCUT2D eigenvalue weighted by Gasteiger charge is 2.40. The summed E-state index contributed by atoms with van der Waals surface area (Å²) in [6.07, 6.45) is 3.05. The Balaban J connectivity index is 1.42. The smallest absolute Gasteiger partial charge is 0.246 e. The highest BCUT2D eigenvalue weighted by atomic mass is 16.2. The fourth-order valence-corrected chi connectivity index (χ4v) is 10.7. The van der Waals surface area contributed by atoms with Gasteiger partial charge in [0.2, 0.25) is 59.1 Å². The second kappa shape index (κ2) is 33.0. The average molecular weight is 1110 g/mol. The van der Waals surface area contributed by atoms with Gasteiger partial charge in [-0.1, -0.05) is 88.4 Å². The van der Waals surface area contributed by atoms with Gasteiger partial charge in [0.25, 0.3) is 0 Å². The molecule has 2 aromatic carbocycles. The lowest BCUT2D eigenvalue weighted by Gasteiger charge is -2.30. The monoisotopic (exact) mass is 1110 g/mol. The molecular weight excluding hydrogens is 1020 g/mol. The Morgan fingerprint density at radius 3 is 1.19 bits per heavy atom. The first-order valence-corrected chi connectivity index (χ1v) is 28.8. The van der Waals surface area contributed by atoms with Crippen LogP contribution in [-0.2, 0) is 60.8 Å². The van der Waals surface area contributed by atoms with Crippen LogP contribution in [0.3, 0.4) is 0 Å². The van der Waals surface area contributed by atoms with Crippen LogP contribution in [0.25, 0.3) is 0 Å². The Morgan fingerprint density at radius 2 is 0.838 bits per heavy atom. The lowest BCUT2D eigenvalue weighted by Crippen LogP contribution is -2.56. The van der Waals surface area contributed by atoms with Crippen LogP contribution in [0.2, 0.25) is 0 Å². The van der Waals surface area contributed by atoms with E-state index in [2.05, 4.69) is 42.5 Å². The fraction of sp³-hybridized carbons (Fsp3) is 0.621. The number of amides is 10. The zero-order valence-corrected chi connectivity index (χ0v) is 47.2. The molecule has 2 aromatic rings. The van der Waals surface area contributed by atoms with Gasteiger partial charge in [0.05, 0.1) is 0 Å². The van der Waals surface area contributed by atoms with E-state index in [-0.39, 0.29) is 102 Å². The Kier molecular flexibility index (Phi) is 26.3. The summed E-state index contributed by atoms with van der Waals surface area (Å²) in [6.45, 7) is 8.50. The highest BCUT2D eigenvalue weighted by Crippen LogP contribution is 2.23. The van der Waals surface area contributed by atoms with E-state index in [1.54, 1.807) is 0 Å². The van der Waals surface area contributed by atoms with Crippen molar-refractivity contribution >= 4 is 59.1 Å². The molecule has 0 aliphatic carbocycles. The first-order chi connectivity index (χ1) is 38.3. The van der Waals surface area contributed by atoms with Crippen LogP contribution in [0.15, 0.2) is 60.7 Å². The number of hydrogen-bond acceptors (Lipinski definition) is 12. The van der Waals surface area contributed by atoms with E-state index in [0.29, 0.717) is 51.4 Å². The first-order valence-electron chi connectivity index (χ1n) is 28.8. The standard InChI is InChI=1S/C58H88N12O10/c1-37(2)31-41-35-51(73)67-45(33-39-15-7-5-8-16-39)57(79)69-29-13-21-47(69)55(77)62-28-24-50(72)66-44(20-12-26-60)54(76)64-42(32-38(3)4)36-52(74)68-46(34-40-17-9-6-10-18-40)58(80)70-30-14-22-48(70)56(78)61-27-23-49(71)65-43(19-11-25-59)53(75)63-41/h5-10,15-18,37-38,41-48H,11-14,19-36,59-60H2,1-4H3,(H,61,78)(H,62,77)(H,63,75)(H,64,76)(H,65,71)(H,66,72)(H,67,73)(H,68,74)/t41-,42-,43-,44-,45+,46+,47-,48-/m0/s1. The van der Waals surface area contributed by atoms with Gasteiger partial charge >= 0.3 is 0 Å². The molecule has 0 aromatic heterocycles. The van der Waals surface area contributed by atoms with Gasteiger partial charge in [0.1, 0.15) is 36.3 Å². The number of benzene rings is 2. The number of nitrogens with zero attached hydrogens (tertiary/aromatic N) is 2. The van der Waals surface area contributed by atoms with Crippen molar-refractivity contribution in [3.8, 4) is 0 Å². The van der Waals surface area contributed by atoms with Gasteiger partial charge < -0.3 is 63.8 Å². The molecule has 80 heavy (non-hydrogen) atoms. The topological polar surface area (TPSA) is 325 Å². The summed E-state index contributed by atoms with van der Waals surface area (Å²) in [5.41, 5.74) is 13.2. The van der Waals surface area contributed by atoms with E-state index in [0.717, 1.165) is 11.1 Å². The van der Waals surface area contributed by atoms with E-state index in [4.69, 9.17) is 11.5 Å². The van der Waals surface area contributed by atoms with E-state index >= 15 is 0 Å². The maximum atomic E-state index is 14.5. The molecule has 0 bridgehead atoms. The third-order valence-electron chi connectivity index (χ3n) is 14.6. The largest absolute Gasteiger partial charge is 0.354 e. The van der Waals surface area contributed by atoms with Crippen LogP contribution in [-0.4, -0.2) is 156 Å². The molecular formula is C58H88N12O10. The maximum absolute atomic E-state index is 14.5. The summed E-state index contributed by atoms with van der Waals surface area (Å²) in [5.74, 6) is -5.00. The molecule has 3 saturated heterocycles. The van der Waals surface area contributed by atoms with E-state index in [9.17, 15) is 47.9 Å². The summed E-state index contributed by atoms with van der Waals surface area (Å²) in [7, 11) is 0. The summed E-state index contributed by atoms with van der Waals surface area (Å²) in [4.78, 5) is 143. The van der Waals surface area contributed by atoms with Gasteiger partial charge in [-0.15, -0.1) is 0 Å². The lowest BCUT2D eigenvalue weighted by atomic mass is 9.99. The number of carbonyl (C=O) groups excluding carboxylic acids is 10. The molecule has 22 heteroatoms. The minimum Gasteiger partial charge on any atom is -0.354 e. The van der Waals surface area contributed by atoms with Gasteiger partial charge in [-0.2, -0.15) is 0 Å². The minimum absolute atomic E-state index is 0.0234. The molecule has 12 N–H and O–H groups in total. The normalized spacial score (nSPS) is 25.5. The van der Waals surface area contributed by atoms with Crippen molar-refractivity contribution in [2.75, 3.05) is 39.3 Å². The molecule has 0 saturated carbocycles. The second-order valence-corrected chi connectivity index (χ2v) is 22.3. The van der Waals surface area contributed by atoms with E-state index in [1.807, 2.05) is 88.4 Å². The molecule has 22 nitrogen and oxygen atoms in total. The Labute approximate surface area is 470 Å². The molecule has 440 valence electrons. The number of nitrogens with one attached hydrogen (secondary N) is 8. The maximum Gasteiger partial charge on any atom is 0.246 e. The predicted octanol–water partition coefficient (Wildman–Crippen LogP) is 0.739. The molecule has 8 atom stereocenters. The number of hydrogen-bond donors (Lipinski definition) is 10. The zero-order chi connectivity index (χ0) is 58.1. The van der Waals surface area contributed by atoms with Crippen LogP contribution < -0.4 is 54.0 Å². The van der Waals surface area contributed by atoms with Crippen LogP contribution in [0.4, 0.5) is 0 Å². The Bertz CT molecular complexity index is 2230. The van der Waals surface area contributed by atoms with Gasteiger partial charge in [0, 0.05) is 76.8 Å². The molecule has 0 spiro atoms. The second-order valence-electron chi connectivity index (χ2n) is 22.3. The fourth-order valence-electron chi connectivity index (χ4n) is 10.7. The van der Waals surface area contributed by atoms with Gasteiger partial charge in [-0.3, -0.25) is 47.9 Å². The third-order valence-corrected chi connectivity index (χ3v) is 14.6. The van der Waals surface area contributed by atoms with Crippen molar-refractivity contribution in [3.05, 3.63) is 71.8 Å². The van der Waals surface area contributed by atoms with Crippen LogP contribution in [0.1, 0.15) is 129 Å². The van der Waals surface area contributed by atoms with E-state index < -0.39 is 107 Å². The summed E-state index contributed by atoms with van der Waals surface area (Å²) >= 11 is 0. The first kappa shape index (κ1) is 63.9. The number of fused-ring (bicyclic) bond motifs is 2. The average Bonchev–Trinajstić information content (AvgIpc) is 4.16. The molecule has 0 unspecified atom stereocenters. The summed E-state index contributed by atoms with van der Waals surface area (Å²) in [6, 6.07) is 10.8. The van der Waals surface area contributed by atoms with Gasteiger partial charge in [0.15, 0.2) is 0 Å². The Morgan fingerprint density at radius 1 is 0.475 bits per heavy atom. The van der Waals surface area contributed by atoms with Gasteiger partial charge in [-0.25, -0.2) is 0 Å². The highest BCUT2D eigenvalue weighted by molar-refractivity contribution is 5.95. The van der Waals surface area contributed by atoms with Crippen molar-refractivity contribution in [1.29, 1.82) is 0 Å². The minimum atomic E-state index is -1.08. The molecule has 3 fully saturated rings. The van der Waals surface area contributed by atoms with Crippen molar-refractivity contribution in [3.63, 3.8) is 0 Å². The summed E-state index contributed by atoms with van der Waals surface area (Å²) < 4.78 is 0. The SMILES string of the molecule is CC(C)C[C@H]1CC(=O)N[C@H](Cc2ccccc2)C(=O)N2CCC[C@H]2C(=O)NCCC(=O)N[C@@H](CCCN)C(=O)N[C@@H](CC(C)C)CC(=O)N[C@H](Cc2ccccc2)C(=O)N2CCC[C@H]2C(=O)NCCC(=O)N[C@@H](CCCN)C(=O)N1. The van der Waals surface area contributed by atoms with Crippen molar-refractivity contribution < 1.29 is 47.9 Å². The van der Waals surface area contributed by atoms with Crippen LogP contribution in [0, 0.1) is 11.8 Å². The third kappa shape index (κ3) is 20.9. The number of nitrogens with two attached hydrogens (primary N) is 2. The predicted molar refractivity (Wildman–Crippen MR) is 301 cm³/mol. The molecule has 3 aliphatic rings. The number of rotatable bonds is 14. The number of carbonyl (C=O) groups is 10. The van der Waals surface area contributed by atoms with Crippen molar-refractivity contribution in [2.24, 2.45) is 23.3 Å². The summed E-state index contributed by atoms with van der Waals surface area (Å²) in [5, 5.41) is 22.9. The van der Waals surface area contributed by atoms with Gasteiger partial charge in [-0.05, 0) is 100 Å². The molecule has 10 amide bonds. The van der Waals surface area contributed by atoms with Crippen LogP contribution in [0.5, 0.6) is 0 Å². The molecule has 0 radical (unpaired) electrons. The zero-order valence-electron chi connectivity index (χ0n) is 47.2. The van der Waals surface area contributed by atoms with Crippen LogP contribution >= 0.6 is 0 Å². The Hall–Kier alpha value is -6.94. The molecule has 5 rings (SSSR count). The molecule has 3 aliphatic heterocycles. The quantitative estimate of drug-likeness (QED) is 0.125. The van der Waals surface area contributed by atoms with Crippen molar-refractivity contribution in [1.82, 2.24) is 52.3 Å². The van der Waals surface area contributed by atoms with E-state index in [1.165, 1.54) is 9.80 Å². The van der Waals surface area contributed by atoms with Crippen molar-refractivity contribution in [2.45, 2.75) is 179 Å².